The minimum absolute atomic E-state index is 0.0225. The first-order chi connectivity index (χ1) is 7.51. The summed E-state index contributed by atoms with van der Waals surface area (Å²) in [4.78, 5) is 43.0. The average molecular weight is 259 g/mol. The van der Waals surface area contributed by atoms with Crippen LogP contribution in [0.1, 0.15) is 20.7 Å². The molecule has 0 N–H and O–H groups in total. The molecule has 0 saturated heterocycles. The number of hydrogen-bond donors (Lipinski definition) is 0. The highest BCUT2D eigenvalue weighted by Crippen LogP contribution is 2.26. The van der Waals surface area contributed by atoms with Crippen molar-refractivity contribution in [2.45, 2.75) is 0 Å². The number of hydrogen-bond acceptors (Lipinski definition) is 4. The lowest BCUT2D eigenvalue weighted by Crippen LogP contribution is -2.11. The second-order valence-electron chi connectivity index (χ2n) is 2.78. The summed E-state index contributed by atoms with van der Waals surface area (Å²) in [5.74, 6) is -1.88. The maximum Gasteiger partial charge on any atom is 0.226 e. The van der Waals surface area contributed by atoms with Crippen molar-refractivity contribution in [2.75, 3.05) is 0 Å². The van der Waals surface area contributed by atoms with E-state index in [0.29, 0.717) is 0 Å². The Kier molecular flexibility index (Phi) is 3.93. The van der Waals surface area contributed by atoms with Crippen molar-refractivity contribution in [1.82, 2.24) is 0 Å². The molecule has 1 rings (SSSR count). The van der Waals surface area contributed by atoms with Crippen LogP contribution in [-0.2, 0) is 9.59 Å². The summed E-state index contributed by atoms with van der Waals surface area (Å²) in [5.41, 5.74) is -0.469. The molecular weight excluding hydrogens is 255 g/mol. The molecule has 1 aromatic rings. The van der Waals surface area contributed by atoms with E-state index >= 15 is 0 Å². The fourth-order valence-corrected chi connectivity index (χ4v) is 1.41. The van der Waals surface area contributed by atoms with Crippen molar-refractivity contribution in [2.24, 2.45) is 0 Å². The quantitative estimate of drug-likeness (QED) is 0.469. The molecule has 0 spiro atoms. The summed E-state index contributed by atoms with van der Waals surface area (Å²) in [7, 11) is 0. The van der Waals surface area contributed by atoms with Gasteiger partial charge in [0.05, 0.1) is 10.0 Å². The molecule has 0 aliphatic carbocycles. The molecule has 16 heavy (non-hydrogen) atoms. The highest BCUT2D eigenvalue weighted by Gasteiger charge is 2.18. The topological polar surface area (TPSA) is 68.3 Å². The lowest BCUT2D eigenvalue weighted by atomic mass is 10.0. The van der Waals surface area contributed by atoms with Crippen molar-refractivity contribution in [3.63, 3.8) is 0 Å². The number of ketones is 2. The Morgan fingerprint density at radius 3 is 1.44 bits per heavy atom. The van der Waals surface area contributed by atoms with Crippen LogP contribution >= 0.6 is 23.2 Å². The molecule has 0 bridgehead atoms. The molecule has 1 aromatic carbocycles. The minimum Gasteiger partial charge on any atom is -0.294 e. The second kappa shape index (κ2) is 5.01. The summed E-state index contributed by atoms with van der Waals surface area (Å²) < 4.78 is 0. The van der Waals surface area contributed by atoms with Gasteiger partial charge in [0.25, 0.3) is 0 Å². The molecule has 0 radical (unpaired) electrons. The molecule has 0 aliphatic heterocycles. The van der Waals surface area contributed by atoms with E-state index in [-0.39, 0.29) is 33.7 Å². The molecule has 0 aromatic heterocycles. The molecule has 6 heteroatoms. The first kappa shape index (κ1) is 12.5. The number of halogens is 2. The van der Waals surface area contributed by atoms with E-state index in [1.54, 1.807) is 0 Å². The predicted octanol–water partition coefficient (Wildman–Crippen LogP) is 1.76. The van der Waals surface area contributed by atoms with E-state index < -0.39 is 11.6 Å². The lowest BCUT2D eigenvalue weighted by Gasteiger charge is -2.04. The van der Waals surface area contributed by atoms with Crippen LogP contribution in [0.3, 0.4) is 0 Å². The van der Waals surface area contributed by atoms with Gasteiger partial charge in [-0.3, -0.25) is 19.2 Å². The van der Waals surface area contributed by atoms with Crippen LogP contribution in [0.15, 0.2) is 12.1 Å². The van der Waals surface area contributed by atoms with Crippen molar-refractivity contribution < 1.29 is 19.2 Å². The van der Waals surface area contributed by atoms with Crippen molar-refractivity contribution in [3.05, 3.63) is 33.3 Å². The lowest BCUT2D eigenvalue weighted by molar-refractivity contribution is -0.105. The number of carbonyl (C=O) groups is 4. The molecule has 82 valence electrons. The number of benzene rings is 1. The Morgan fingerprint density at radius 2 is 1.19 bits per heavy atom. The first-order valence-corrected chi connectivity index (χ1v) is 4.75. The fourth-order valence-electron chi connectivity index (χ4n) is 1.08. The van der Waals surface area contributed by atoms with Crippen molar-refractivity contribution >= 4 is 47.3 Å². The fraction of sp³-hybridized carbons (Fsp3) is 0. The maximum absolute atomic E-state index is 11.2. The molecule has 0 unspecified atom stereocenters. The van der Waals surface area contributed by atoms with Gasteiger partial charge in [-0.25, -0.2) is 0 Å². The van der Waals surface area contributed by atoms with Crippen LogP contribution < -0.4 is 0 Å². The molecule has 0 aliphatic rings. The number of rotatable bonds is 4. The second-order valence-corrected chi connectivity index (χ2v) is 3.59. The molecule has 0 amide bonds. The van der Waals surface area contributed by atoms with Gasteiger partial charge in [-0.2, -0.15) is 0 Å². The van der Waals surface area contributed by atoms with E-state index in [4.69, 9.17) is 23.2 Å². The normalized spacial score (nSPS) is 9.62. The molecule has 0 atom stereocenters. The van der Waals surface area contributed by atoms with Gasteiger partial charge in [0, 0.05) is 11.1 Å². The highest BCUT2D eigenvalue weighted by molar-refractivity contribution is 6.45. The maximum atomic E-state index is 11.2. The third-order valence-electron chi connectivity index (χ3n) is 1.81. The third-order valence-corrected chi connectivity index (χ3v) is 2.53. The van der Waals surface area contributed by atoms with Gasteiger partial charge in [-0.05, 0) is 12.1 Å². The van der Waals surface area contributed by atoms with E-state index in [1.807, 2.05) is 0 Å². The van der Waals surface area contributed by atoms with E-state index in [0.717, 1.165) is 12.1 Å². The molecule has 4 nitrogen and oxygen atoms in total. The average Bonchev–Trinajstić information content (AvgIpc) is 2.30. The Balaban J connectivity index is 3.50. The Bertz CT molecular complexity index is 449. The Labute approximate surface area is 100 Å². The van der Waals surface area contributed by atoms with E-state index in [9.17, 15) is 19.2 Å². The summed E-state index contributed by atoms with van der Waals surface area (Å²) in [6, 6.07) is 2.16. The van der Waals surface area contributed by atoms with Crippen LogP contribution in [0.4, 0.5) is 0 Å². The van der Waals surface area contributed by atoms with E-state index in [2.05, 4.69) is 0 Å². The monoisotopic (exact) mass is 258 g/mol. The highest BCUT2D eigenvalue weighted by atomic mass is 35.5. The van der Waals surface area contributed by atoms with Crippen LogP contribution in [0.25, 0.3) is 0 Å². The molecule has 0 heterocycles. The summed E-state index contributed by atoms with van der Waals surface area (Å²) in [5, 5.41) is 0.0450. The minimum atomic E-state index is -0.941. The zero-order chi connectivity index (χ0) is 12.3. The van der Waals surface area contributed by atoms with Gasteiger partial charge in [0.15, 0.2) is 12.6 Å². The number of carbonyl (C=O) groups excluding carboxylic acids is 4. The molecular formula is C10H4Cl2O4. The Hall–Kier alpha value is -1.52. The third kappa shape index (κ3) is 2.35. The Morgan fingerprint density at radius 1 is 0.875 bits per heavy atom. The zero-order valence-corrected chi connectivity index (χ0v) is 9.21. The van der Waals surface area contributed by atoms with Gasteiger partial charge < -0.3 is 0 Å². The summed E-state index contributed by atoms with van der Waals surface area (Å²) in [6.07, 6.45) is 0.0578. The zero-order valence-electron chi connectivity index (χ0n) is 7.70. The van der Waals surface area contributed by atoms with Gasteiger partial charge in [-0.1, -0.05) is 23.2 Å². The van der Waals surface area contributed by atoms with Gasteiger partial charge in [0.2, 0.25) is 11.6 Å². The van der Waals surface area contributed by atoms with Gasteiger partial charge >= 0.3 is 0 Å². The van der Waals surface area contributed by atoms with Crippen molar-refractivity contribution in [1.29, 1.82) is 0 Å². The molecule has 0 fully saturated rings. The van der Waals surface area contributed by atoms with Crippen LogP contribution in [0, 0.1) is 0 Å². The SMILES string of the molecule is O=CC(=O)c1cc(Cl)c(Cl)cc1C(=O)C=O. The first-order valence-electron chi connectivity index (χ1n) is 3.99. The van der Waals surface area contributed by atoms with Crippen LogP contribution in [0.5, 0.6) is 0 Å². The van der Waals surface area contributed by atoms with Gasteiger partial charge in [0.1, 0.15) is 0 Å². The summed E-state index contributed by atoms with van der Waals surface area (Å²) in [6.45, 7) is 0. The predicted molar refractivity (Wildman–Crippen MR) is 57.3 cm³/mol. The van der Waals surface area contributed by atoms with Crippen LogP contribution in [0.2, 0.25) is 10.0 Å². The molecule has 0 saturated carbocycles. The standard InChI is InChI=1S/C10H4Cl2O4/c11-7-1-5(9(15)3-13)6(2-8(7)12)10(16)4-14/h1-4H. The van der Waals surface area contributed by atoms with E-state index in [1.165, 1.54) is 0 Å². The van der Waals surface area contributed by atoms with Crippen LogP contribution in [-0.4, -0.2) is 24.1 Å². The summed E-state index contributed by atoms with van der Waals surface area (Å²) >= 11 is 11.3. The van der Waals surface area contributed by atoms with Crippen molar-refractivity contribution in [3.8, 4) is 0 Å². The smallest absolute Gasteiger partial charge is 0.226 e. The van der Waals surface area contributed by atoms with Gasteiger partial charge in [-0.15, -0.1) is 0 Å². The number of Topliss-reactive ketones (excluding diaryl/α,β-unsaturated/α-hetero) is 2. The number of aldehydes is 2. The largest absolute Gasteiger partial charge is 0.294 e.